The SMILES string of the molecule is CN=C/C(=C\N)c1cc(OC)cc([C@@H](C)NC(=O)c2cc(N3CC(N4CCCC4=O)C3)ccc2C)c1. The third kappa shape index (κ3) is 5.22. The molecule has 2 saturated heterocycles. The second kappa shape index (κ2) is 10.8. The number of anilines is 1. The molecular weight excluding hydrogens is 454 g/mol. The number of likely N-dealkylation sites (tertiary alicyclic amines) is 1. The van der Waals surface area contributed by atoms with E-state index >= 15 is 0 Å². The quantitative estimate of drug-likeness (QED) is 0.554. The van der Waals surface area contributed by atoms with Gasteiger partial charge in [-0.1, -0.05) is 6.07 Å². The highest BCUT2D eigenvalue weighted by atomic mass is 16.5. The molecule has 36 heavy (non-hydrogen) atoms. The van der Waals surface area contributed by atoms with Gasteiger partial charge in [-0.25, -0.2) is 0 Å². The Labute approximate surface area is 212 Å². The fourth-order valence-electron chi connectivity index (χ4n) is 4.84. The van der Waals surface area contributed by atoms with Crippen molar-refractivity contribution in [3.63, 3.8) is 0 Å². The van der Waals surface area contributed by atoms with Gasteiger partial charge in [0.05, 0.1) is 19.2 Å². The van der Waals surface area contributed by atoms with Crippen molar-refractivity contribution >= 4 is 29.3 Å². The molecule has 8 heteroatoms. The minimum atomic E-state index is -0.262. The molecule has 190 valence electrons. The van der Waals surface area contributed by atoms with E-state index in [9.17, 15) is 9.59 Å². The molecule has 0 spiro atoms. The zero-order valence-electron chi connectivity index (χ0n) is 21.5. The number of carbonyl (C=O) groups excluding carboxylic acids is 2. The number of ether oxygens (including phenoxy) is 1. The Morgan fingerprint density at radius 1 is 1.25 bits per heavy atom. The maximum absolute atomic E-state index is 13.3. The molecule has 0 radical (unpaired) electrons. The lowest BCUT2D eigenvalue weighted by Crippen LogP contribution is -2.59. The van der Waals surface area contributed by atoms with Crippen LogP contribution in [0.4, 0.5) is 5.69 Å². The molecule has 2 aromatic rings. The van der Waals surface area contributed by atoms with Crippen LogP contribution in [0.2, 0.25) is 0 Å². The number of aliphatic imine (C=N–C) groups is 1. The number of benzene rings is 2. The number of nitrogens with one attached hydrogen (secondary N) is 1. The molecule has 8 nitrogen and oxygen atoms in total. The number of carbonyl (C=O) groups is 2. The minimum Gasteiger partial charge on any atom is -0.497 e. The first kappa shape index (κ1) is 25.3. The molecule has 2 aromatic carbocycles. The van der Waals surface area contributed by atoms with Gasteiger partial charge in [-0.3, -0.25) is 14.6 Å². The van der Waals surface area contributed by atoms with E-state index in [1.165, 1.54) is 6.20 Å². The van der Waals surface area contributed by atoms with Crippen molar-refractivity contribution in [2.45, 2.75) is 38.8 Å². The topological polar surface area (TPSA) is 100 Å². The number of rotatable bonds is 8. The number of allylic oxidation sites excluding steroid dienone is 1. The van der Waals surface area contributed by atoms with Gasteiger partial charge in [-0.2, -0.15) is 0 Å². The van der Waals surface area contributed by atoms with Crippen LogP contribution in [-0.4, -0.2) is 62.8 Å². The maximum atomic E-state index is 13.3. The smallest absolute Gasteiger partial charge is 0.252 e. The zero-order chi connectivity index (χ0) is 25.8. The molecule has 0 unspecified atom stereocenters. The lowest BCUT2D eigenvalue weighted by molar-refractivity contribution is -0.130. The van der Waals surface area contributed by atoms with Gasteiger partial charge in [0.1, 0.15) is 5.75 Å². The molecule has 3 N–H and O–H groups in total. The van der Waals surface area contributed by atoms with Crippen LogP contribution in [0.15, 0.2) is 47.6 Å². The van der Waals surface area contributed by atoms with E-state index in [4.69, 9.17) is 10.5 Å². The summed E-state index contributed by atoms with van der Waals surface area (Å²) in [7, 11) is 3.30. The predicted molar refractivity (Wildman–Crippen MR) is 144 cm³/mol. The third-order valence-electron chi connectivity index (χ3n) is 7.04. The molecule has 2 heterocycles. The number of methoxy groups -OCH3 is 1. The third-order valence-corrected chi connectivity index (χ3v) is 7.04. The molecule has 2 amide bonds. The maximum Gasteiger partial charge on any atom is 0.252 e. The van der Waals surface area contributed by atoms with Gasteiger partial charge in [-0.05, 0) is 67.3 Å². The van der Waals surface area contributed by atoms with E-state index < -0.39 is 0 Å². The van der Waals surface area contributed by atoms with Crippen LogP contribution in [0.1, 0.15) is 52.9 Å². The number of nitrogens with two attached hydrogens (primary N) is 1. The first-order valence-corrected chi connectivity index (χ1v) is 12.3. The number of nitrogens with zero attached hydrogens (tertiary/aromatic N) is 3. The first-order chi connectivity index (χ1) is 17.3. The highest BCUT2D eigenvalue weighted by Crippen LogP contribution is 2.29. The van der Waals surface area contributed by atoms with Crippen LogP contribution in [0.25, 0.3) is 5.57 Å². The van der Waals surface area contributed by atoms with E-state index in [1.54, 1.807) is 20.4 Å². The average Bonchev–Trinajstić information content (AvgIpc) is 3.27. The van der Waals surface area contributed by atoms with Crippen LogP contribution in [0.5, 0.6) is 5.75 Å². The molecule has 1 atom stereocenters. The van der Waals surface area contributed by atoms with Crippen LogP contribution in [0, 0.1) is 6.92 Å². The van der Waals surface area contributed by atoms with Crippen LogP contribution < -0.4 is 20.7 Å². The van der Waals surface area contributed by atoms with Crippen molar-refractivity contribution < 1.29 is 14.3 Å². The van der Waals surface area contributed by atoms with Crippen molar-refractivity contribution in [2.75, 3.05) is 38.7 Å². The lowest BCUT2D eigenvalue weighted by atomic mass is 9.99. The normalized spacial score (nSPS) is 17.4. The monoisotopic (exact) mass is 489 g/mol. The largest absolute Gasteiger partial charge is 0.497 e. The Bertz CT molecular complexity index is 1200. The molecule has 4 rings (SSSR count). The van der Waals surface area contributed by atoms with Gasteiger partial charge < -0.3 is 25.6 Å². The second-order valence-corrected chi connectivity index (χ2v) is 9.45. The number of hydrogen-bond donors (Lipinski definition) is 2. The second-order valence-electron chi connectivity index (χ2n) is 9.45. The van der Waals surface area contributed by atoms with Crippen LogP contribution >= 0.6 is 0 Å². The Balaban J connectivity index is 1.48. The summed E-state index contributed by atoms with van der Waals surface area (Å²) in [6.07, 6.45) is 4.81. The Hall–Kier alpha value is -3.81. The summed E-state index contributed by atoms with van der Waals surface area (Å²) in [5.41, 5.74) is 10.9. The zero-order valence-corrected chi connectivity index (χ0v) is 21.5. The predicted octanol–water partition coefficient (Wildman–Crippen LogP) is 3.31. The summed E-state index contributed by atoms with van der Waals surface area (Å²) in [6.45, 7) is 6.35. The molecule has 0 saturated carbocycles. The van der Waals surface area contributed by atoms with Crippen molar-refractivity contribution in [3.8, 4) is 5.75 Å². The van der Waals surface area contributed by atoms with Gasteiger partial charge in [-0.15, -0.1) is 0 Å². The van der Waals surface area contributed by atoms with E-state index in [0.717, 1.165) is 54.0 Å². The molecule has 2 fully saturated rings. The molecule has 2 aliphatic rings. The minimum absolute atomic E-state index is 0.136. The van der Waals surface area contributed by atoms with Crippen LogP contribution in [0.3, 0.4) is 0 Å². The van der Waals surface area contributed by atoms with Crippen molar-refractivity contribution in [3.05, 3.63) is 64.9 Å². The fraction of sp³-hybridized carbons (Fsp3) is 0.393. The lowest BCUT2D eigenvalue weighted by Gasteiger charge is -2.45. The highest BCUT2D eigenvalue weighted by Gasteiger charge is 2.36. The molecular formula is C28H35N5O3. The Kier molecular flexibility index (Phi) is 7.62. The van der Waals surface area contributed by atoms with E-state index in [2.05, 4.69) is 15.2 Å². The Morgan fingerprint density at radius 2 is 2.03 bits per heavy atom. The summed E-state index contributed by atoms with van der Waals surface area (Å²) < 4.78 is 5.48. The van der Waals surface area contributed by atoms with Gasteiger partial charge >= 0.3 is 0 Å². The van der Waals surface area contributed by atoms with Gasteiger partial charge in [0.2, 0.25) is 5.91 Å². The number of hydrogen-bond acceptors (Lipinski definition) is 6. The summed E-state index contributed by atoms with van der Waals surface area (Å²) in [4.78, 5) is 33.6. The van der Waals surface area contributed by atoms with Gasteiger partial charge in [0.25, 0.3) is 5.91 Å². The molecule has 2 aliphatic heterocycles. The summed E-state index contributed by atoms with van der Waals surface area (Å²) >= 11 is 0. The first-order valence-electron chi connectivity index (χ1n) is 12.3. The molecule has 0 bridgehead atoms. The van der Waals surface area contributed by atoms with Gasteiger partial charge in [0, 0.05) is 62.3 Å². The fourth-order valence-corrected chi connectivity index (χ4v) is 4.84. The van der Waals surface area contributed by atoms with E-state index in [1.807, 2.05) is 55.1 Å². The average molecular weight is 490 g/mol. The summed E-state index contributed by atoms with van der Waals surface area (Å²) in [5, 5.41) is 3.13. The van der Waals surface area contributed by atoms with Crippen LogP contribution in [-0.2, 0) is 4.79 Å². The van der Waals surface area contributed by atoms with Gasteiger partial charge in [0.15, 0.2) is 0 Å². The highest BCUT2D eigenvalue weighted by molar-refractivity contribution is 6.09. The molecule has 0 aromatic heterocycles. The van der Waals surface area contributed by atoms with Crippen molar-refractivity contribution in [1.29, 1.82) is 0 Å². The van der Waals surface area contributed by atoms with E-state index in [-0.39, 0.29) is 23.9 Å². The summed E-state index contributed by atoms with van der Waals surface area (Å²) in [6, 6.07) is 11.8. The van der Waals surface area contributed by atoms with Crippen molar-refractivity contribution in [1.82, 2.24) is 10.2 Å². The van der Waals surface area contributed by atoms with Crippen molar-refractivity contribution in [2.24, 2.45) is 10.7 Å². The standard InChI is InChI=1S/C28H35N5O3/c1-18-7-8-23(32-16-24(17-32)33-9-5-6-27(33)34)13-26(18)28(35)31-19(2)20-10-21(12-25(11-20)36-4)22(14-29)15-30-3/h7-8,10-15,19,24H,5-6,9,16-17,29H2,1-4H3,(H,31,35)/b22-14+,30-15?/t19-/m1/s1. The summed E-state index contributed by atoms with van der Waals surface area (Å²) in [5.74, 6) is 0.798. The number of amides is 2. The molecule has 0 aliphatic carbocycles. The Morgan fingerprint density at radius 3 is 2.67 bits per heavy atom. The van der Waals surface area contributed by atoms with E-state index in [0.29, 0.717) is 17.7 Å². The number of aryl methyl sites for hydroxylation is 1.